The number of anilines is 1. The normalized spacial score (nSPS) is 16.4. The lowest BCUT2D eigenvalue weighted by Crippen LogP contribution is -2.29. The lowest BCUT2D eigenvalue weighted by molar-refractivity contribution is 0.316. The monoisotopic (exact) mass is 371 g/mol. The molecule has 4 heteroatoms. The summed E-state index contributed by atoms with van der Waals surface area (Å²) < 4.78 is 5.88. The standard InChI is InChI=1S/C24H25N3O/c1-24(2,27-19-12-7-4-8-13-19)22-15-9-14-21(26-22)23-25-20(17-28-23)16-18-10-5-3-6-11-18/h3-15,20,27H,16-17H2,1-2H3/t20-/m0/s1. The molecule has 1 atom stereocenters. The molecule has 2 aromatic carbocycles. The van der Waals surface area contributed by atoms with Gasteiger partial charge in [0.15, 0.2) is 0 Å². The van der Waals surface area contributed by atoms with Crippen LogP contribution in [0.2, 0.25) is 0 Å². The molecule has 0 saturated carbocycles. The van der Waals surface area contributed by atoms with E-state index >= 15 is 0 Å². The molecule has 0 bridgehead atoms. The van der Waals surface area contributed by atoms with Crippen LogP contribution in [0.1, 0.15) is 30.8 Å². The van der Waals surface area contributed by atoms with E-state index in [4.69, 9.17) is 14.7 Å². The Labute approximate surface area is 166 Å². The van der Waals surface area contributed by atoms with Gasteiger partial charge < -0.3 is 10.1 Å². The second kappa shape index (κ2) is 7.85. The second-order valence-corrected chi connectivity index (χ2v) is 7.61. The third kappa shape index (κ3) is 4.22. The fourth-order valence-corrected chi connectivity index (χ4v) is 3.39. The number of pyridine rings is 1. The maximum absolute atomic E-state index is 5.88. The molecule has 142 valence electrons. The average Bonchev–Trinajstić information content (AvgIpc) is 3.18. The Balaban J connectivity index is 1.51. The number of nitrogens with one attached hydrogen (secondary N) is 1. The highest BCUT2D eigenvalue weighted by atomic mass is 16.5. The van der Waals surface area contributed by atoms with Gasteiger partial charge in [0.2, 0.25) is 5.90 Å². The van der Waals surface area contributed by atoms with Crippen LogP contribution >= 0.6 is 0 Å². The van der Waals surface area contributed by atoms with E-state index in [-0.39, 0.29) is 11.6 Å². The Morgan fingerprint density at radius 1 is 0.929 bits per heavy atom. The Kier molecular flexibility index (Phi) is 5.11. The predicted octanol–water partition coefficient (Wildman–Crippen LogP) is 4.82. The molecule has 2 heterocycles. The minimum absolute atomic E-state index is 0.137. The lowest BCUT2D eigenvalue weighted by Gasteiger charge is -2.27. The van der Waals surface area contributed by atoms with E-state index in [1.54, 1.807) is 0 Å². The van der Waals surface area contributed by atoms with E-state index in [0.717, 1.165) is 23.5 Å². The number of hydrogen-bond donors (Lipinski definition) is 1. The van der Waals surface area contributed by atoms with E-state index in [9.17, 15) is 0 Å². The minimum atomic E-state index is -0.319. The summed E-state index contributed by atoms with van der Waals surface area (Å²) in [5.41, 5.74) is 3.76. The van der Waals surface area contributed by atoms with Gasteiger partial charge in [-0.25, -0.2) is 9.98 Å². The first-order valence-corrected chi connectivity index (χ1v) is 9.66. The van der Waals surface area contributed by atoms with Crippen LogP contribution in [0.4, 0.5) is 5.69 Å². The Bertz CT molecular complexity index is 952. The second-order valence-electron chi connectivity index (χ2n) is 7.61. The highest BCUT2D eigenvalue weighted by Crippen LogP contribution is 2.25. The van der Waals surface area contributed by atoms with Crippen LogP contribution in [0.15, 0.2) is 83.9 Å². The first kappa shape index (κ1) is 18.2. The number of aliphatic imine (C=N–C) groups is 1. The van der Waals surface area contributed by atoms with Crippen molar-refractivity contribution in [2.45, 2.75) is 31.8 Å². The fourth-order valence-electron chi connectivity index (χ4n) is 3.39. The average molecular weight is 371 g/mol. The molecule has 1 aromatic heterocycles. The maximum atomic E-state index is 5.88. The minimum Gasteiger partial charge on any atom is -0.474 e. The van der Waals surface area contributed by atoms with Crippen LogP contribution < -0.4 is 5.32 Å². The number of nitrogens with zero attached hydrogens (tertiary/aromatic N) is 2. The number of rotatable bonds is 6. The molecule has 0 spiro atoms. The van der Waals surface area contributed by atoms with E-state index in [2.05, 4.69) is 55.6 Å². The number of para-hydroxylation sites is 1. The largest absolute Gasteiger partial charge is 0.474 e. The highest BCUT2D eigenvalue weighted by molar-refractivity contribution is 5.93. The summed E-state index contributed by atoms with van der Waals surface area (Å²) in [6.07, 6.45) is 0.880. The van der Waals surface area contributed by atoms with Crippen molar-refractivity contribution in [2.75, 3.05) is 11.9 Å². The maximum Gasteiger partial charge on any atom is 0.235 e. The molecule has 0 unspecified atom stereocenters. The zero-order valence-electron chi connectivity index (χ0n) is 16.3. The van der Waals surface area contributed by atoms with Crippen molar-refractivity contribution >= 4 is 11.6 Å². The summed E-state index contributed by atoms with van der Waals surface area (Å²) in [5.74, 6) is 0.637. The molecule has 4 nitrogen and oxygen atoms in total. The molecule has 4 rings (SSSR count). The number of benzene rings is 2. The number of aromatic nitrogens is 1. The van der Waals surface area contributed by atoms with Crippen LogP contribution in [-0.2, 0) is 16.7 Å². The van der Waals surface area contributed by atoms with Gasteiger partial charge in [0.1, 0.15) is 12.3 Å². The Hall–Kier alpha value is -3.14. The quantitative estimate of drug-likeness (QED) is 0.676. The molecule has 28 heavy (non-hydrogen) atoms. The van der Waals surface area contributed by atoms with Crippen LogP contribution in [0.25, 0.3) is 0 Å². The number of hydrogen-bond acceptors (Lipinski definition) is 4. The predicted molar refractivity (Wildman–Crippen MR) is 114 cm³/mol. The third-order valence-corrected chi connectivity index (χ3v) is 4.87. The third-order valence-electron chi connectivity index (χ3n) is 4.87. The Morgan fingerprint density at radius 2 is 1.64 bits per heavy atom. The van der Waals surface area contributed by atoms with Crippen molar-refractivity contribution in [1.82, 2.24) is 4.98 Å². The van der Waals surface area contributed by atoms with Gasteiger partial charge in [-0.1, -0.05) is 54.6 Å². The van der Waals surface area contributed by atoms with Crippen molar-refractivity contribution in [3.63, 3.8) is 0 Å². The summed E-state index contributed by atoms with van der Waals surface area (Å²) in [6.45, 7) is 4.85. The van der Waals surface area contributed by atoms with Crippen molar-refractivity contribution < 1.29 is 4.74 Å². The summed E-state index contributed by atoms with van der Waals surface area (Å²) in [7, 11) is 0. The van der Waals surface area contributed by atoms with Crippen LogP contribution in [0.3, 0.4) is 0 Å². The smallest absolute Gasteiger partial charge is 0.235 e. The summed E-state index contributed by atoms with van der Waals surface area (Å²) in [6, 6.07) is 26.7. The molecule has 0 saturated heterocycles. The molecule has 0 radical (unpaired) electrons. The van der Waals surface area contributed by atoms with Crippen molar-refractivity contribution in [3.8, 4) is 0 Å². The van der Waals surface area contributed by atoms with E-state index in [1.165, 1.54) is 5.56 Å². The van der Waals surface area contributed by atoms with E-state index in [1.807, 2.05) is 42.5 Å². The van der Waals surface area contributed by atoms with Crippen LogP contribution in [-0.4, -0.2) is 23.5 Å². The molecular weight excluding hydrogens is 346 g/mol. The summed E-state index contributed by atoms with van der Waals surface area (Å²) in [4.78, 5) is 9.62. The number of ether oxygens (including phenoxy) is 1. The lowest BCUT2D eigenvalue weighted by atomic mass is 9.99. The SMILES string of the molecule is CC(C)(Nc1ccccc1)c1cccc(C2=N[C@@H](Cc3ccccc3)CO2)n1. The molecule has 1 aliphatic rings. The van der Waals surface area contributed by atoms with Crippen LogP contribution in [0.5, 0.6) is 0 Å². The zero-order valence-corrected chi connectivity index (χ0v) is 16.3. The van der Waals surface area contributed by atoms with Gasteiger partial charge in [-0.3, -0.25) is 0 Å². The van der Waals surface area contributed by atoms with Crippen molar-refractivity contribution in [3.05, 3.63) is 95.8 Å². The van der Waals surface area contributed by atoms with E-state index < -0.39 is 0 Å². The first-order chi connectivity index (χ1) is 13.6. The van der Waals surface area contributed by atoms with E-state index in [0.29, 0.717) is 12.5 Å². The molecule has 3 aromatic rings. The zero-order chi connectivity index (χ0) is 19.4. The van der Waals surface area contributed by atoms with Gasteiger partial charge in [-0.2, -0.15) is 0 Å². The molecule has 0 amide bonds. The highest BCUT2D eigenvalue weighted by Gasteiger charge is 2.25. The van der Waals surface area contributed by atoms with Gasteiger partial charge in [-0.15, -0.1) is 0 Å². The van der Waals surface area contributed by atoms with Crippen molar-refractivity contribution in [2.24, 2.45) is 4.99 Å². The molecule has 0 fully saturated rings. The molecule has 1 aliphatic heterocycles. The first-order valence-electron chi connectivity index (χ1n) is 9.66. The molecular formula is C24H25N3O. The van der Waals surface area contributed by atoms with Gasteiger partial charge in [0.05, 0.1) is 17.3 Å². The summed E-state index contributed by atoms with van der Waals surface area (Å²) in [5, 5.41) is 3.55. The summed E-state index contributed by atoms with van der Waals surface area (Å²) >= 11 is 0. The molecule has 1 N–H and O–H groups in total. The molecule has 0 aliphatic carbocycles. The van der Waals surface area contributed by atoms with Crippen LogP contribution in [0, 0.1) is 0 Å². The topological polar surface area (TPSA) is 46.5 Å². The fraction of sp³-hybridized carbons (Fsp3) is 0.250. The van der Waals surface area contributed by atoms with Gasteiger partial charge >= 0.3 is 0 Å². The van der Waals surface area contributed by atoms with Gasteiger partial charge in [0, 0.05) is 5.69 Å². The van der Waals surface area contributed by atoms with Gasteiger partial charge in [-0.05, 0) is 50.1 Å². The Morgan fingerprint density at radius 3 is 2.39 bits per heavy atom. The van der Waals surface area contributed by atoms with Crippen molar-refractivity contribution in [1.29, 1.82) is 0 Å². The van der Waals surface area contributed by atoms with Gasteiger partial charge in [0.25, 0.3) is 0 Å².